The number of hydrogen-bond donors (Lipinski definition) is 2. The molecule has 10 nitrogen and oxygen atoms in total. The summed E-state index contributed by atoms with van der Waals surface area (Å²) in [5.74, 6) is 0. The van der Waals surface area contributed by atoms with Gasteiger partial charge in [-0.15, -0.1) is 0 Å². The predicted molar refractivity (Wildman–Crippen MR) is 96.8 cm³/mol. The molecule has 0 amide bonds. The van der Waals surface area contributed by atoms with Gasteiger partial charge in [0.2, 0.25) is 17.0 Å². The van der Waals surface area contributed by atoms with Gasteiger partial charge >= 0.3 is 0 Å². The molecule has 0 spiro atoms. The maximum absolute atomic E-state index is 12.0. The van der Waals surface area contributed by atoms with Crippen LogP contribution in [0.15, 0.2) is 69.5 Å². The van der Waals surface area contributed by atoms with Crippen molar-refractivity contribution in [3.63, 3.8) is 0 Å². The van der Waals surface area contributed by atoms with Gasteiger partial charge < -0.3 is 0 Å². The quantitative estimate of drug-likeness (QED) is 0.388. The number of isocyanates is 2. The van der Waals surface area contributed by atoms with Crippen LogP contribution >= 0.6 is 0 Å². The van der Waals surface area contributed by atoms with E-state index in [1.165, 1.54) is 36.4 Å². The monoisotopic (exact) mass is 424 g/mol. The lowest BCUT2D eigenvalue weighted by molar-refractivity contribution is 0.406. The van der Waals surface area contributed by atoms with E-state index in [1.54, 1.807) is 0 Å². The van der Waals surface area contributed by atoms with E-state index in [-0.39, 0.29) is 4.90 Å². The molecule has 0 aliphatic heterocycles. The van der Waals surface area contributed by atoms with Gasteiger partial charge in [0.05, 0.1) is 4.90 Å². The number of hydrogen-bond acceptors (Lipinski definition) is 8. The van der Waals surface area contributed by atoms with Crippen molar-refractivity contribution in [2.75, 3.05) is 0 Å². The van der Waals surface area contributed by atoms with Gasteiger partial charge in [0.15, 0.2) is 5.54 Å². The van der Waals surface area contributed by atoms with E-state index in [4.69, 9.17) is 4.55 Å². The molecule has 1 aliphatic rings. The first-order valence-electron chi connectivity index (χ1n) is 7.30. The second-order valence-corrected chi connectivity index (χ2v) is 8.49. The van der Waals surface area contributed by atoms with Crippen molar-refractivity contribution in [3.8, 4) is 0 Å². The number of aliphatic imine (C=N–C) groups is 2. The third-order valence-electron chi connectivity index (χ3n) is 3.90. The minimum atomic E-state index is -5.11. The highest BCUT2D eigenvalue weighted by atomic mass is 32.2. The molecule has 2 unspecified atom stereocenters. The Hall–Kier alpha value is -2.98. The first kappa shape index (κ1) is 21.3. The fourth-order valence-corrected chi connectivity index (χ4v) is 4.04. The topological polar surface area (TPSA) is 168 Å². The molecule has 0 saturated heterocycles. The molecule has 1 aromatic carbocycles. The molecule has 0 bridgehead atoms. The van der Waals surface area contributed by atoms with Gasteiger partial charge in [-0.05, 0) is 35.9 Å². The van der Waals surface area contributed by atoms with Crippen LogP contribution in [0.3, 0.4) is 0 Å². The minimum Gasteiger partial charge on any atom is -0.283 e. The highest BCUT2D eigenvalue weighted by Crippen LogP contribution is 2.41. The van der Waals surface area contributed by atoms with Crippen LogP contribution in [0, 0.1) is 0 Å². The van der Waals surface area contributed by atoms with Crippen LogP contribution in [-0.4, -0.2) is 48.5 Å². The lowest BCUT2D eigenvalue weighted by Gasteiger charge is -2.36. The van der Waals surface area contributed by atoms with Crippen LogP contribution < -0.4 is 0 Å². The van der Waals surface area contributed by atoms with Crippen molar-refractivity contribution in [1.82, 2.24) is 0 Å². The summed E-state index contributed by atoms with van der Waals surface area (Å²) in [6, 6.07) is 4.72. The zero-order chi connectivity index (χ0) is 21.1. The number of benzene rings is 1. The van der Waals surface area contributed by atoms with Gasteiger partial charge in [0.1, 0.15) is 0 Å². The van der Waals surface area contributed by atoms with E-state index in [9.17, 15) is 31.0 Å². The highest BCUT2D eigenvalue weighted by molar-refractivity contribution is 7.87. The number of carbonyl (C=O) groups excluding carboxylic acids is 2. The van der Waals surface area contributed by atoms with Gasteiger partial charge in [-0.1, -0.05) is 30.4 Å². The van der Waals surface area contributed by atoms with Crippen LogP contribution in [0.25, 0.3) is 6.08 Å². The van der Waals surface area contributed by atoms with E-state index < -0.39 is 30.6 Å². The average Bonchev–Trinajstić information content (AvgIpc) is 2.61. The van der Waals surface area contributed by atoms with E-state index in [2.05, 4.69) is 9.98 Å². The molecular weight excluding hydrogens is 412 g/mol. The molecule has 12 heteroatoms. The molecule has 0 heterocycles. The molecule has 0 aromatic heterocycles. The third-order valence-corrected chi connectivity index (χ3v) is 6.11. The average molecular weight is 424 g/mol. The van der Waals surface area contributed by atoms with Crippen molar-refractivity contribution in [2.45, 2.75) is 15.3 Å². The Bertz CT molecular complexity index is 1170. The number of allylic oxidation sites excluding steroid dienone is 2. The Labute approximate surface area is 159 Å². The van der Waals surface area contributed by atoms with E-state index >= 15 is 0 Å². The van der Waals surface area contributed by atoms with Crippen LogP contribution in [0.5, 0.6) is 0 Å². The molecule has 1 aliphatic carbocycles. The highest BCUT2D eigenvalue weighted by Gasteiger charge is 2.58. The van der Waals surface area contributed by atoms with Crippen LogP contribution in [-0.2, 0) is 29.8 Å². The Kier molecular flexibility index (Phi) is 5.76. The Morgan fingerprint density at radius 3 is 1.96 bits per heavy atom. The summed E-state index contributed by atoms with van der Waals surface area (Å²) in [7, 11) is -9.52. The van der Waals surface area contributed by atoms with Crippen molar-refractivity contribution >= 4 is 38.5 Å². The van der Waals surface area contributed by atoms with Crippen LogP contribution in [0.1, 0.15) is 5.56 Å². The summed E-state index contributed by atoms with van der Waals surface area (Å²) < 4.78 is 64.9. The molecule has 0 saturated carbocycles. The Morgan fingerprint density at radius 1 is 0.893 bits per heavy atom. The zero-order valence-electron chi connectivity index (χ0n) is 13.8. The van der Waals surface area contributed by atoms with Crippen LogP contribution in [0.4, 0.5) is 0 Å². The van der Waals surface area contributed by atoms with E-state index in [0.29, 0.717) is 5.56 Å². The summed E-state index contributed by atoms with van der Waals surface area (Å²) in [6.07, 6.45) is 9.02. The summed E-state index contributed by atoms with van der Waals surface area (Å²) in [6.45, 7) is 0. The molecule has 2 N–H and O–H groups in total. The molecule has 146 valence electrons. The summed E-state index contributed by atoms with van der Waals surface area (Å²) in [4.78, 5) is 25.4. The summed E-state index contributed by atoms with van der Waals surface area (Å²) >= 11 is 0. The zero-order valence-corrected chi connectivity index (χ0v) is 15.5. The molecule has 0 fully saturated rings. The Morgan fingerprint density at radius 2 is 1.46 bits per heavy atom. The van der Waals surface area contributed by atoms with Gasteiger partial charge in [-0.2, -0.15) is 26.8 Å². The lowest BCUT2D eigenvalue weighted by atomic mass is 9.85. The summed E-state index contributed by atoms with van der Waals surface area (Å²) in [5, 5.41) is 0. The molecule has 1 aromatic rings. The predicted octanol–water partition coefficient (Wildman–Crippen LogP) is 1.07. The van der Waals surface area contributed by atoms with Gasteiger partial charge in [-0.25, -0.2) is 9.59 Å². The van der Waals surface area contributed by atoms with Gasteiger partial charge in [0, 0.05) is 0 Å². The lowest BCUT2D eigenvalue weighted by Crippen LogP contribution is -2.54. The first-order chi connectivity index (χ1) is 13.0. The largest absolute Gasteiger partial charge is 0.299 e. The van der Waals surface area contributed by atoms with Gasteiger partial charge in [0.25, 0.3) is 20.2 Å². The molecule has 0 radical (unpaired) electrons. The molecule has 28 heavy (non-hydrogen) atoms. The maximum atomic E-state index is 12.0. The van der Waals surface area contributed by atoms with Gasteiger partial charge in [-0.3, -0.25) is 9.11 Å². The van der Waals surface area contributed by atoms with Crippen molar-refractivity contribution in [2.24, 2.45) is 9.98 Å². The standard InChI is InChI=1S/C16H12N2O8S2/c19-11-17-15(8-1-2-9-16(15,18-12-20)28(24,25)26)10-7-13-3-5-14(6-4-13)27(21,22)23/h1-10H,(H,21,22,23)(H,24,25,26). The second kappa shape index (κ2) is 7.56. The second-order valence-electron chi connectivity index (χ2n) is 5.50. The van der Waals surface area contributed by atoms with E-state index in [1.807, 2.05) is 0 Å². The van der Waals surface area contributed by atoms with Crippen molar-refractivity contribution in [3.05, 3.63) is 60.2 Å². The number of rotatable bonds is 6. The van der Waals surface area contributed by atoms with Crippen LogP contribution in [0.2, 0.25) is 0 Å². The molecular formula is C16H12N2O8S2. The minimum absolute atomic E-state index is 0.315. The van der Waals surface area contributed by atoms with Crippen molar-refractivity contribution in [1.29, 1.82) is 0 Å². The normalized spacial score (nSPS) is 24.5. The molecule has 2 rings (SSSR count). The maximum Gasteiger partial charge on any atom is 0.299 e. The Balaban J connectivity index is 2.66. The smallest absolute Gasteiger partial charge is 0.283 e. The van der Waals surface area contributed by atoms with E-state index in [0.717, 1.165) is 36.4 Å². The van der Waals surface area contributed by atoms with Crippen molar-refractivity contribution < 1.29 is 35.5 Å². The SMILES string of the molecule is O=C=NC1(C=Cc2ccc(S(=O)(=O)O)cc2)C=CC=CC1(N=C=O)S(=O)(=O)O. The summed E-state index contributed by atoms with van der Waals surface area (Å²) in [5.41, 5.74) is -1.86. The fourth-order valence-electron chi connectivity index (χ4n) is 2.57. The number of nitrogens with zero attached hydrogens (tertiary/aromatic N) is 2. The fraction of sp³-hybridized carbons (Fsp3) is 0.125. The third kappa shape index (κ3) is 3.82. The molecule has 2 atom stereocenters. The first-order valence-corrected chi connectivity index (χ1v) is 10.2.